The Bertz CT molecular complexity index is 7410. The van der Waals surface area contributed by atoms with Crippen LogP contribution >= 0.6 is 0 Å². The Hall–Kier alpha value is -16.1. The van der Waals surface area contributed by atoms with Gasteiger partial charge in [0.25, 0.3) is 0 Å². The molecule has 12 aromatic carbocycles. The van der Waals surface area contributed by atoms with Crippen LogP contribution in [0.3, 0.4) is 0 Å². The van der Waals surface area contributed by atoms with E-state index in [0.29, 0.717) is 46.3 Å². The lowest BCUT2D eigenvalue weighted by Crippen LogP contribution is -2.01. The minimum atomic E-state index is 0.523. The highest BCUT2D eigenvalue weighted by molar-refractivity contribution is 6.08. The summed E-state index contributed by atoms with van der Waals surface area (Å²) >= 11 is 0. The van der Waals surface area contributed by atoms with Crippen LogP contribution in [0, 0.1) is 0 Å². The van der Waals surface area contributed by atoms with Crippen molar-refractivity contribution in [3.05, 3.63) is 377 Å². The van der Waals surface area contributed by atoms with Crippen molar-refractivity contribution in [2.75, 3.05) is 0 Å². The van der Waals surface area contributed by atoms with Crippen LogP contribution in [0.1, 0.15) is 0 Å². The number of fused-ring (bicyclic) bond motifs is 10. The van der Waals surface area contributed by atoms with Crippen LogP contribution in [0.2, 0.25) is 0 Å². The van der Waals surface area contributed by atoms with Crippen LogP contribution in [-0.4, -0.2) is 69.8 Å². The van der Waals surface area contributed by atoms with Gasteiger partial charge in [-0.15, -0.1) is 0 Å². The van der Waals surface area contributed by atoms with Crippen LogP contribution in [0.5, 0.6) is 0 Å². The van der Waals surface area contributed by atoms with Gasteiger partial charge in [-0.05, 0) is 106 Å². The average Bonchev–Trinajstić information content (AvgIpc) is 0.784. The first-order valence-corrected chi connectivity index (χ1v) is 38.3. The average molecular weight is 1480 g/mol. The Labute approximate surface area is 665 Å². The first kappa shape index (κ1) is 68.0. The van der Waals surface area contributed by atoms with E-state index in [9.17, 15) is 0 Å². The van der Waals surface area contributed by atoms with E-state index < -0.39 is 0 Å². The van der Waals surface area contributed by atoms with E-state index >= 15 is 0 Å². The zero-order valence-corrected chi connectivity index (χ0v) is 62.1. The molecule has 0 aliphatic carbocycles. The zero-order chi connectivity index (χ0) is 76.8. The van der Waals surface area contributed by atoms with E-state index in [2.05, 4.69) is 222 Å². The number of aromatic nitrogens is 14. The van der Waals surface area contributed by atoms with Gasteiger partial charge in [-0.3, -0.25) is 15.0 Å². The number of rotatable bonds is 12. The van der Waals surface area contributed by atoms with Gasteiger partial charge < -0.3 is 0 Å². The van der Waals surface area contributed by atoms with Crippen molar-refractivity contribution < 1.29 is 0 Å². The maximum absolute atomic E-state index is 5.14. The second-order valence-electron chi connectivity index (χ2n) is 28.5. The Kier molecular flexibility index (Phi) is 17.2. The predicted molar refractivity (Wildman–Crippen MR) is 467 cm³/mol. The summed E-state index contributed by atoms with van der Waals surface area (Å²) in [5.41, 5.74) is 24.5. The van der Waals surface area contributed by atoms with Crippen LogP contribution in [0.25, 0.3) is 223 Å². The molecule has 0 fully saturated rings. The highest BCUT2D eigenvalue weighted by Gasteiger charge is 2.19. The zero-order valence-electron chi connectivity index (χ0n) is 62.1. The number of nitrogens with zero attached hydrogens (tertiary/aromatic N) is 14. The molecule has 0 bridgehead atoms. The molecule has 0 aliphatic heterocycles. The molecule has 0 amide bonds. The smallest absolute Gasteiger partial charge is 0.182 e. The fourth-order valence-electron chi connectivity index (χ4n) is 15.1. The third-order valence-corrected chi connectivity index (χ3v) is 21.2. The van der Waals surface area contributed by atoms with E-state index in [0.717, 1.165) is 177 Å². The first-order chi connectivity index (χ1) is 57.4. The minimum Gasteiger partial charge on any atom is -0.254 e. The van der Waals surface area contributed by atoms with Crippen molar-refractivity contribution in [3.63, 3.8) is 0 Å². The minimum absolute atomic E-state index is 0.523. The second kappa shape index (κ2) is 29.3. The molecule has 0 spiro atoms. The fourth-order valence-corrected chi connectivity index (χ4v) is 15.1. The molecule has 0 saturated heterocycles. The van der Waals surface area contributed by atoms with Gasteiger partial charge in [0.15, 0.2) is 34.9 Å². The van der Waals surface area contributed by atoms with Crippen molar-refractivity contribution in [2.24, 2.45) is 0 Å². The SMILES string of the molecule is c1ccc(-c2nc(-c3ccccc3)nc(-c3ccc4ccc(-c5ccc6ccc(-c7ccc(-c8ccc9ccc%10cccnc%10c9n8)cc7)nc6c5)cc4n3)n2)cc1.c1ccc(-c2nc(-c3ccccc3)nc(-c3ccc4ccc(-c5ccc6ccc(-c7ccc(-c8ccnc9c8ccc8cccnc89)cc7)nc6c5)cc4n3)n2)cc1. The Morgan fingerprint density at radius 3 is 0.828 bits per heavy atom. The molecule has 0 atom stereocenters. The van der Waals surface area contributed by atoms with Gasteiger partial charge >= 0.3 is 0 Å². The molecule has 0 N–H and O–H groups in total. The number of pyridine rings is 8. The van der Waals surface area contributed by atoms with Gasteiger partial charge in [0.1, 0.15) is 11.4 Å². The molecular formula is C102H62N14. The normalized spacial score (nSPS) is 11.4. The molecule has 22 rings (SSSR count). The molecule has 14 nitrogen and oxygen atoms in total. The summed E-state index contributed by atoms with van der Waals surface area (Å²) in [6.07, 6.45) is 5.51. The maximum atomic E-state index is 5.14. The van der Waals surface area contributed by atoms with E-state index in [-0.39, 0.29) is 0 Å². The molecule has 14 heteroatoms. The third-order valence-electron chi connectivity index (χ3n) is 21.2. The van der Waals surface area contributed by atoms with Crippen LogP contribution in [0.15, 0.2) is 377 Å². The predicted octanol–water partition coefficient (Wildman–Crippen LogP) is 24.1. The highest BCUT2D eigenvalue weighted by atomic mass is 15.1. The van der Waals surface area contributed by atoms with Crippen LogP contribution < -0.4 is 0 Å². The van der Waals surface area contributed by atoms with E-state index in [4.69, 9.17) is 59.8 Å². The largest absolute Gasteiger partial charge is 0.254 e. The van der Waals surface area contributed by atoms with Gasteiger partial charge in [-0.1, -0.05) is 285 Å². The van der Waals surface area contributed by atoms with Gasteiger partial charge in [-0.2, -0.15) is 0 Å². The molecular weight excluding hydrogens is 1420 g/mol. The van der Waals surface area contributed by atoms with E-state index in [1.165, 1.54) is 0 Å². The van der Waals surface area contributed by atoms with Crippen molar-refractivity contribution in [1.29, 1.82) is 0 Å². The van der Waals surface area contributed by atoms with Crippen molar-refractivity contribution in [3.8, 4) is 136 Å². The van der Waals surface area contributed by atoms with E-state index in [1.54, 1.807) is 0 Å². The molecule has 0 unspecified atom stereocenters. The lowest BCUT2D eigenvalue weighted by molar-refractivity contribution is 1.06. The summed E-state index contributed by atoms with van der Waals surface area (Å²) in [6.45, 7) is 0. The molecule has 0 aliphatic rings. The number of benzene rings is 12. The fraction of sp³-hybridized carbons (Fsp3) is 0. The molecule has 10 aromatic heterocycles. The Morgan fingerprint density at radius 1 is 0.147 bits per heavy atom. The maximum Gasteiger partial charge on any atom is 0.182 e. The lowest BCUT2D eigenvalue weighted by atomic mass is 9.98. The van der Waals surface area contributed by atoms with Gasteiger partial charge in [0.2, 0.25) is 0 Å². The summed E-state index contributed by atoms with van der Waals surface area (Å²) in [7, 11) is 0. The van der Waals surface area contributed by atoms with Crippen molar-refractivity contribution in [1.82, 2.24) is 69.8 Å². The number of hydrogen-bond donors (Lipinski definition) is 0. The van der Waals surface area contributed by atoms with Gasteiger partial charge in [-0.25, -0.2) is 54.8 Å². The first-order valence-electron chi connectivity index (χ1n) is 38.3. The summed E-state index contributed by atoms with van der Waals surface area (Å²) in [6, 6.07) is 122. The summed E-state index contributed by atoms with van der Waals surface area (Å²) in [5, 5.41) is 8.53. The second-order valence-corrected chi connectivity index (χ2v) is 28.5. The molecule has 116 heavy (non-hydrogen) atoms. The molecule has 540 valence electrons. The van der Waals surface area contributed by atoms with Crippen LogP contribution in [-0.2, 0) is 0 Å². The molecule has 0 radical (unpaired) electrons. The molecule has 10 heterocycles. The quantitative estimate of drug-likeness (QED) is 0.105. The van der Waals surface area contributed by atoms with Gasteiger partial charge in [0, 0.05) is 101 Å². The third kappa shape index (κ3) is 13.3. The van der Waals surface area contributed by atoms with Crippen molar-refractivity contribution in [2.45, 2.75) is 0 Å². The van der Waals surface area contributed by atoms with Gasteiger partial charge in [0.05, 0.1) is 61.2 Å². The lowest BCUT2D eigenvalue weighted by Gasteiger charge is -2.10. The molecule has 22 aromatic rings. The topological polar surface area (TPSA) is 180 Å². The molecule has 0 saturated carbocycles. The monoisotopic (exact) mass is 1480 g/mol. The van der Waals surface area contributed by atoms with Crippen molar-refractivity contribution >= 4 is 87.2 Å². The summed E-state index contributed by atoms with van der Waals surface area (Å²) in [5.74, 6) is 3.46. The van der Waals surface area contributed by atoms with Crippen LogP contribution in [0.4, 0.5) is 0 Å². The Morgan fingerprint density at radius 2 is 0.431 bits per heavy atom. The van der Waals surface area contributed by atoms with E-state index in [1.807, 2.05) is 164 Å². The summed E-state index contributed by atoms with van der Waals surface area (Å²) in [4.78, 5) is 68.7. The number of hydrogen-bond acceptors (Lipinski definition) is 14. The Balaban J connectivity index is 0.000000145. The highest BCUT2D eigenvalue weighted by Crippen LogP contribution is 2.38. The standard InChI is InChI=1S/2C51H31N7/c1-3-8-38(9-4-1)49-56-50(39-10-5-2-6-11-39)58-51(57-49)44-28-24-35-18-22-41(31-46(35)54-44)40-21-17-34-23-26-42(53-45(34)30-40)32-13-15-33(16-14-32)43-27-25-37-20-19-36-12-7-29-52-47(36)48(37)55-43;1-3-8-37(9-4-1)49-56-50(38-10-5-2-6-11-38)58-51(57-49)44-26-23-35-18-20-40(31-46(35)55-44)39-19-17-34-22-25-43(54-45(34)30-39)33-15-13-32(14-16-33)41-27-29-53-48-42(41)24-21-36-12-7-28-52-47(36)48/h2*1-31H. The summed E-state index contributed by atoms with van der Waals surface area (Å²) < 4.78 is 0.